The minimum absolute atomic E-state index is 0. The third-order valence-electron chi connectivity index (χ3n) is 4.08. The molecule has 2 N–H and O–H groups in total. The van der Waals surface area contributed by atoms with Crippen LogP contribution in [0.25, 0.3) is 0 Å². The van der Waals surface area contributed by atoms with Gasteiger partial charge in [-0.05, 0) is 39.4 Å². The Kier molecular flexibility index (Phi) is 25.5. The van der Waals surface area contributed by atoms with Crippen LogP contribution in [0.1, 0.15) is 84.0 Å². The standard InChI is InChI=1S/C12H11N2O3.C6H13N.3C2H6.W/c15-10-7-6-9(12(17)14-10)13-11(16)8-4-2-1-3-5-8;1-7-5-3-2-4-6-7;3*1-2;/h1-4,9H,6-7H2,(H,13,16)(H,14,15,17);2-6H2,1H3;3*1-2H3;/q-1;;;;;. The molecule has 2 fully saturated rings. The van der Waals surface area contributed by atoms with E-state index < -0.39 is 11.9 Å². The van der Waals surface area contributed by atoms with E-state index in [1.807, 2.05) is 41.5 Å². The van der Waals surface area contributed by atoms with E-state index in [9.17, 15) is 14.4 Å². The molecular weight excluding hydrogens is 562 g/mol. The van der Waals surface area contributed by atoms with Gasteiger partial charge in [0.25, 0.3) is 0 Å². The number of hydrogen-bond acceptors (Lipinski definition) is 4. The van der Waals surface area contributed by atoms with Gasteiger partial charge < -0.3 is 15.0 Å². The molecule has 2 saturated heterocycles. The number of amides is 3. The Balaban J connectivity index is -0.000000471. The zero-order valence-corrected chi connectivity index (χ0v) is 23.4. The molecule has 1 aromatic carbocycles. The quantitative estimate of drug-likeness (QED) is 0.392. The molecule has 0 aliphatic carbocycles. The number of carbonyl (C=O) groups excluding carboxylic acids is 3. The van der Waals surface area contributed by atoms with Crippen LogP contribution in [0.4, 0.5) is 0 Å². The summed E-state index contributed by atoms with van der Waals surface area (Å²) in [4.78, 5) is 36.5. The Bertz CT molecular complexity index is 577. The average Bonchev–Trinajstić information content (AvgIpc) is 2.81. The maximum Gasteiger partial charge on any atom is 0.248 e. The van der Waals surface area contributed by atoms with Gasteiger partial charge in [0.15, 0.2) is 5.91 Å². The van der Waals surface area contributed by atoms with Crippen LogP contribution in [0.3, 0.4) is 0 Å². The van der Waals surface area contributed by atoms with Gasteiger partial charge in [-0.15, -0.1) is 30.3 Å². The Labute approximate surface area is 204 Å². The molecule has 3 rings (SSSR count). The molecule has 2 aliphatic heterocycles. The van der Waals surface area contributed by atoms with Crippen molar-refractivity contribution in [2.75, 3.05) is 20.1 Å². The van der Waals surface area contributed by atoms with Crippen molar-refractivity contribution < 1.29 is 35.4 Å². The Morgan fingerprint density at radius 1 is 1.03 bits per heavy atom. The van der Waals surface area contributed by atoms with Crippen LogP contribution in [0.15, 0.2) is 24.3 Å². The molecule has 2 aliphatic rings. The fourth-order valence-electron chi connectivity index (χ4n) is 2.65. The van der Waals surface area contributed by atoms with Crippen molar-refractivity contribution in [1.82, 2.24) is 15.5 Å². The van der Waals surface area contributed by atoms with Crippen LogP contribution in [0, 0.1) is 6.07 Å². The van der Waals surface area contributed by atoms with Crippen molar-refractivity contribution in [3.8, 4) is 0 Å². The van der Waals surface area contributed by atoms with Crippen molar-refractivity contribution in [2.24, 2.45) is 0 Å². The summed E-state index contributed by atoms with van der Waals surface area (Å²) in [6.07, 6.45) is 4.86. The number of rotatable bonds is 2. The second-order valence-corrected chi connectivity index (χ2v) is 6.12. The molecule has 1 aromatic rings. The molecule has 0 bridgehead atoms. The van der Waals surface area contributed by atoms with Crippen LogP contribution in [0.5, 0.6) is 0 Å². The molecule has 0 radical (unpaired) electrons. The van der Waals surface area contributed by atoms with E-state index in [0.29, 0.717) is 12.0 Å². The van der Waals surface area contributed by atoms with Crippen LogP contribution in [-0.2, 0) is 30.7 Å². The van der Waals surface area contributed by atoms with Crippen molar-refractivity contribution >= 4 is 17.7 Å². The fourth-order valence-corrected chi connectivity index (χ4v) is 2.65. The van der Waals surface area contributed by atoms with Gasteiger partial charge in [0.05, 0.1) is 0 Å². The minimum Gasteiger partial charge on any atom is -0.381 e. The molecule has 2 heterocycles. The van der Waals surface area contributed by atoms with Crippen LogP contribution >= 0.6 is 0 Å². The summed E-state index contributed by atoms with van der Waals surface area (Å²) in [6.45, 7) is 14.6. The summed E-state index contributed by atoms with van der Waals surface area (Å²) in [6, 6.07) is 8.83. The van der Waals surface area contributed by atoms with Gasteiger partial charge >= 0.3 is 0 Å². The molecule has 1 atom stereocenters. The normalized spacial score (nSPS) is 17.1. The smallest absolute Gasteiger partial charge is 0.248 e. The molecule has 0 spiro atoms. The summed E-state index contributed by atoms with van der Waals surface area (Å²) in [7, 11) is 2.19. The van der Waals surface area contributed by atoms with Crippen molar-refractivity contribution in [2.45, 2.75) is 79.7 Å². The monoisotopic (exact) mass is 604 g/mol. The van der Waals surface area contributed by atoms with Gasteiger partial charge in [-0.3, -0.25) is 14.9 Å². The van der Waals surface area contributed by atoms with Gasteiger partial charge in [-0.1, -0.05) is 53.5 Å². The van der Waals surface area contributed by atoms with Crippen molar-refractivity contribution in [3.05, 3.63) is 35.9 Å². The van der Waals surface area contributed by atoms with E-state index >= 15 is 0 Å². The predicted molar refractivity (Wildman–Crippen MR) is 124 cm³/mol. The molecule has 178 valence electrons. The summed E-state index contributed by atoms with van der Waals surface area (Å²) in [5.74, 6) is -1.11. The number of nitrogens with zero attached hydrogens (tertiary/aromatic N) is 1. The van der Waals surface area contributed by atoms with E-state index in [1.165, 1.54) is 32.4 Å². The Morgan fingerprint density at radius 2 is 1.61 bits per heavy atom. The summed E-state index contributed by atoms with van der Waals surface area (Å²) < 4.78 is 0. The third-order valence-corrected chi connectivity index (χ3v) is 4.08. The van der Waals surface area contributed by atoms with Crippen molar-refractivity contribution in [3.63, 3.8) is 0 Å². The largest absolute Gasteiger partial charge is 0.381 e. The average molecular weight is 604 g/mol. The maximum absolute atomic E-state index is 11.7. The number of nitrogens with one attached hydrogen (secondary N) is 2. The van der Waals surface area contributed by atoms with Crippen LogP contribution in [0.2, 0.25) is 0 Å². The van der Waals surface area contributed by atoms with E-state index in [1.54, 1.807) is 24.3 Å². The summed E-state index contributed by atoms with van der Waals surface area (Å²) in [5.41, 5.74) is 0.372. The zero-order chi connectivity index (χ0) is 23.4. The summed E-state index contributed by atoms with van der Waals surface area (Å²) in [5, 5.41) is 4.75. The van der Waals surface area contributed by atoms with Gasteiger partial charge in [0.1, 0.15) is 6.04 Å². The first kappa shape index (κ1) is 34.1. The molecule has 0 saturated carbocycles. The first-order valence-electron chi connectivity index (χ1n) is 11.4. The molecule has 1 unspecified atom stereocenters. The van der Waals surface area contributed by atoms with Gasteiger partial charge in [0, 0.05) is 27.5 Å². The number of likely N-dealkylation sites (tertiary alicyclic amines) is 1. The van der Waals surface area contributed by atoms with E-state index in [0.717, 1.165) is 0 Å². The van der Waals surface area contributed by atoms with E-state index in [-0.39, 0.29) is 39.3 Å². The molecule has 3 amide bonds. The maximum atomic E-state index is 11.7. The van der Waals surface area contributed by atoms with Crippen molar-refractivity contribution in [1.29, 1.82) is 0 Å². The van der Waals surface area contributed by atoms with Crippen LogP contribution in [-0.4, -0.2) is 48.8 Å². The number of imide groups is 1. The number of benzene rings is 1. The second kappa shape index (κ2) is 23.1. The number of carbonyl (C=O) groups is 3. The first-order chi connectivity index (χ1) is 14.6. The number of piperidine rings is 2. The van der Waals surface area contributed by atoms with Gasteiger partial charge in [-0.2, -0.15) is 0 Å². The summed E-state index contributed by atoms with van der Waals surface area (Å²) >= 11 is 0. The minimum atomic E-state index is -0.645. The SMILES string of the molecule is CC.CC.CC.CN1CCCCC1.O=C1CCC(NC(=O)c2[c-]cccc2)C(=O)N1.[W]. The predicted octanol–water partition coefficient (Wildman–Crippen LogP) is 4.20. The topological polar surface area (TPSA) is 78.5 Å². The second-order valence-electron chi connectivity index (χ2n) is 6.12. The molecular formula is C24H42N3O3W-. The zero-order valence-electron chi connectivity index (χ0n) is 20.4. The first-order valence-corrected chi connectivity index (χ1v) is 11.4. The molecule has 6 nitrogen and oxygen atoms in total. The molecule has 7 heteroatoms. The molecule has 31 heavy (non-hydrogen) atoms. The van der Waals surface area contributed by atoms with Crippen LogP contribution < -0.4 is 10.6 Å². The number of hydrogen-bond donors (Lipinski definition) is 2. The van der Waals surface area contributed by atoms with E-state index in [2.05, 4.69) is 28.6 Å². The van der Waals surface area contributed by atoms with E-state index in [4.69, 9.17) is 0 Å². The van der Waals surface area contributed by atoms with Gasteiger partial charge in [-0.25, -0.2) is 0 Å². The molecule has 0 aromatic heterocycles. The Hall–Kier alpha value is -1.52. The van der Waals surface area contributed by atoms with Gasteiger partial charge in [0.2, 0.25) is 11.8 Å². The third kappa shape index (κ3) is 15.9. The fraction of sp³-hybridized carbons (Fsp3) is 0.625. The Morgan fingerprint density at radius 3 is 2.03 bits per heavy atom.